The first kappa shape index (κ1) is 43.1. The van der Waals surface area contributed by atoms with Gasteiger partial charge in [0.05, 0.1) is 18.2 Å². The molecule has 0 bridgehead atoms. The van der Waals surface area contributed by atoms with Crippen LogP contribution in [0.5, 0.6) is 11.5 Å². The maximum absolute atomic E-state index is 12.0. The van der Waals surface area contributed by atoms with Gasteiger partial charge in [-0.05, 0) is 107 Å². The molecule has 0 saturated heterocycles. The van der Waals surface area contributed by atoms with Crippen molar-refractivity contribution in [3.63, 3.8) is 0 Å². The lowest BCUT2D eigenvalue weighted by Gasteiger charge is -2.28. The minimum atomic E-state index is -1.99. The Morgan fingerprint density at radius 3 is 1.38 bits per heavy atom. The van der Waals surface area contributed by atoms with Gasteiger partial charge in [-0.1, -0.05) is 142 Å². The lowest BCUT2D eigenvalue weighted by atomic mass is 9.79. The van der Waals surface area contributed by atoms with Crippen molar-refractivity contribution in [2.75, 3.05) is 6.16 Å². The van der Waals surface area contributed by atoms with Crippen LogP contribution >= 0.6 is 7.26 Å². The maximum Gasteiger partial charge on any atom is 0.128 e. The van der Waals surface area contributed by atoms with Gasteiger partial charge in [0.25, 0.3) is 0 Å². The molecule has 5 aromatic carbocycles. The van der Waals surface area contributed by atoms with Crippen LogP contribution in [0.3, 0.4) is 0 Å². The van der Waals surface area contributed by atoms with E-state index in [1.165, 1.54) is 27.0 Å². The second kappa shape index (κ2) is 17.8. The van der Waals surface area contributed by atoms with E-state index in [4.69, 9.17) is 9.98 Å². The Bertz CT molecular complexity index is 2090. The summed E-state index contributed by atoms with van der Waals surface area (Å²) < 4.78 is 0. The number of hydrogen-bond donors (Lipinski definition) is 2. The van der Waals surface area contributed by atoms with E-state index >= 15 is 0 Å². The highest BCUT2D eigenvalue weighted by atomic mass is 31.2. The third kappa shape index (κ3) is 9.83. The van der Waals surface area contributed by atoms with Crippen LogP contribution in [0.25, 0.3) is 0 Å². The summed E-state index contributed by atoms with van der Waals surface area (Å²) in [6.45, 7) is 19.8. The van der Waals surface area contributed by atoms with Crippen LogP contribution in [-0.4, -0.2) is 40.9 Å². The number of hydrogen-bond acceptors (Lipinski definition) is 4. The molecule has 1 aliphatic carbocycles. The first-order valence-electron chi connectivity index (χ1n) is 21.3. The summed E-state index contributed by atoms with van der Waals surface area (Å²) in [6, 6.07) is 41.7. The van der Waals surface area contributed by atoms with Crippen molar-refractivity contribution in [2.45, 2.75) is 129 Å². The summed E-state index contributed by atoms with van der Waals surface area (Å²) in [7, 11) is -1.99. The van der Waals surface area contributed by atoms with Gasteiger partial charge in [0, 0.05) is 29.1 Å². The highest BCUT2D eigenvalue weighted by Gasteiger charge is 2.44. The van der Waals surface area contributed by atoms with E-state index in [2.05, 4.69) is 178 Å². The maximum atomic E-state index is 12.0. The molecular formula is C53H66N2O2P+. The third-order valence-corrected chi connectivity index (χ3v) is 16.5. The number of phenols is 2. The minimum Gasteiger partial charge on any atom is -0.507 e. The lowest BCUT2D eigenvalue weighted by molar-refractivity contribution is 0.390. The van der Waals surface area contributed by atoms with Crippen molar-refractivity contribution in [1.82, 2.24) is 0 Å². The fourth-order valence-electron chi connectivity index (χ4n) is 8.38. The Morgan fingerprint density at radius 2 is 0.966 bits per heavy atom. The predicted molar refractivity (Wildman–Crippen MR) is 252 cm³/mol. The molecule has 4 nitrogen and oxygen atoms in total. The van der Waals surface area contributed by atoms with E-state index in [1.54, 1.807) is 0 Å². The summed E-state index contributed by atoms with van der Waals surface area (Å²) in [5.41, 5.74) is 5.47. The third-order valence-electron chi connectivity index (χ3n) is 11.9. The number of nitrogens with zero attached hydrogens (tertiary/aromatic N) is 2. The standard InChI is InChI=1S/C53H65N2O2P/c1-51(2,3)41-32-38(22-21-31-58(43-23-13-10-14-24-43,44-25-15-11-16-26-44)45-27-17-12-18-28-45)49(56)39(33-41)36-54-47-29-19-20-30-48(47)55-37-40-34-42(52(4,5)6)35-46(50(40)57)53(7,8)9/h10-18,23-28,32-37,47-48H,19-22,29-31H2,1-9H3,(H-,54,55,56,57)/p+1. The number of benzene rings is 5. The molecule has 1 aliphatic rings. The molecule has 6 rings (SSSR count). The van der Waals surface area contributed by atoms with E-state index < -0.39 is 7.26 Å². The van der Waals surface area contributed by atoms with Crippen LogP contribution < -0.4 is 15.9 Å². The van der Waals surface area contributed by atoms with Gasteiger partial charge in [-0.25, -0.2) is 0 Å². The molecule has 304 valence electrons. The zero-order chi connectivity index (χ0) is 41.7. The van der Waals surface area contributed by atoms with Crippen LogP contribution in [-0.2, 0) is 22.7 Å². The Balaban J connectivity index is 1.31. The van der Waals surface area contributed by atoms with Gasteiger partial charge in [0.1, 0.15) is 34.7 Å². The first-order valence-corrected chi connectivity index (χ1v) is 23.3. The van der Waals surface area contributed by atoms with Gasteiger partial charge in [0.15, 0.2) is 0 Å². The molecule has 2 unspecified atom stereocenters. The molecule has 2 N–H and O–H groups in total. The summed E-state index contributed by atoms with van der Waals surface area (Å²) in [5.74, 6) is 0.640. The zero-order valence-electron chi connectivity index (χ0n) is 36.5. The molecule has 0 aromatic heterocycles. The number of aliphatic imine (C=N–C) groups is 2. The molecule has 5 heteroatoms. The van der Waals surface area contributed by atoms with Gasteiger partial charge in [-0.2, -0.15) is 0 Å². The molecule has 0 amide bonds. The Kier molecular flexibility index (Phi) is 13.2. The molecule has 2 atom stereocenters. The minimum absolute atomic E-state index is 0.000703. The van der Waals surface area contributed by atoms with Crippen molar-refractivity contribution >= 4 is 35.6 Å². The van der Waals surface area contributed by atoms with Crippen LogP contribution in [0.4, 0.5) is 0 Å². The summed E-state index contributed by atoms with van der Waals surface area (Å²) in [6.07, 6.45) is 10.5. The zero-order valence-corrected chi connectivity index (χ0v) is 37.4. The Labute approximate surface area is 350 Å². The van der Waals surface area contributed by atoms with Crippen LogP contribution in [0, 0.1) is 0 Å². The highest BCUT2D eigenvalue weighted by Crippen LogP contribution is 2.56. The first-order chi connectivity index (χ1) is 27.5. The van der Waals surface area contributed by atoms with Gasteiger partial charge < -0.3 is 10.2 Å². The van der Waals surface area contributed by atoms with E-state index in [0.29, 0.717) is 11.5 Å². The molecule has 0 spiro atoms. The van der Waals surface area contributed by atoms with E-state index in [-0.39, 0.29) is 28.3 Å². The highest BCUT2D eigenvalue weighted by molar-refractivity contribution is 7.95. The van der Waals surface area contributed by atoms with E-state index in [0.717, 1.165) is 66.9 Å². The fourth-order valence-corrected chi connectivity index (χ4v) is 12.7. The Hall–Kier alpha value is -4.53. The number of phenolic OH excluding ortho intramolecular Hbond substituents is 2. The Morgan fingerprint density at radius 1 is 0.552 bits per heavy atom. The van der Waals surface area contributed by atoms with Crippen molar-refractivity contribution in [3.8, 4) is 11.5 Å². The van der Waals surface area contributed by atoms with E-state index in [9.17, 15) is 10.2 Å². The topological polar surface area (TPSA) is 65.2 Å². The molecule has 0 aliphatic heterocycles. The fraction of sp³-hybridized carbons (Fsp3) is 0.396. The van der Waals surface area contributed by atoms with Crippen LogP contribution in [0.15, 0.2) is 125 Å². The molecule has 0 heterocycles. The molecule has 58 heavy (non-hydrogen) atoms. The lowest BCUT2D eigenvalue weighted by Crippen LogP contribution is -2.33. The molecule has 0 radical (unpaired) electrons. The number of aromatic hydroxyl groups is 2. The molecule has 5 aromatic rings. The average molecular weight is 794 g/mol. The summed E-state index contributed by atoms with van der Waals surface area (Å²) in [4.78, 5) is 10.3. The van der Waals surface area contributed by atoms with Gasteiger partial charge in [-0.3, -0.25) is 9.98 Å². The SMILES string of the molecule is CC(C)(C)c1cc(C=NC2CCCCC2N=Cc2cc(C(C)(C)C)cc(C(C)(C)C)c2O)c(O)c(CCC[P+](c2ccccc2)(c2ccccc2)c2ccccc2)c1. The van der Waals surface area contributed by atoms with Crippen molar-refractivity contribution < 1.29 is 10.2 Å². The van der Waals surface area contributed by atoms with Gasteiger partial charge in [-0.15, -0.1) is 0 Å². The smallest absolute Gasteiger partial charge is 0.128 e. The largest absolute Gasteiger partial charge is 0.507 e. The van der Waals surface area contributed by atoms with Crippen LogP contribution in [0.2, 0.25) is 0 Å². The molecular weight excluding hydrogens is 728 g/mol. The normalized spacial score (nSPS) is 17.0. The van der Waals surface area contributed by atoms with E-state index in [1.807, 2.05) is 12.4 Å². The number of rotatable bonds is 11. The second-order valence-electron chi connectivity index (χ2n) is 19.4. The quantitative estimate of drug-likeness (QED) is 0.103. The van der Waals surface area contributed by atoms with Crippen LogP contribution in [0.1, 0.15) is 128 Å². The van der Waals surface area contributed by atoms with Crippen molar-refractivity contribution in [2.24, 2.45) is 9.98 Å². The summed E-state index contributed by atoms with van der Waals surface area (Å²) >= 11 is 0. The van der Waals surface area contributed by atoms with Gasteiger partial charge >= 0.3 is 0 Å². The second-order valence-corrected chi connectivity index (χ2v) is 23.0. The monoisotopic (exact) mass is 793 g/mol. The van der Waals surface area contributed by atoms with Gasteiger partial charge in [0.2, 0.25) is 0 Å². The summed E-state index contributed by atoms with van der Waals surface area (Å²) in [5, 5.41) is 27.6. The molecule has 1 fully saturated rings. The molecule has 1 saturated carbocycles. The predicted octanol–water partition coefficient (Wildman–Crippen LogP) is 11.8. The van der Waals surface area contributed by atoms with Crippen molar-refractivity contribution in [3.05, 3.63) is 149 Å². The average Bonchev–Trinajstić information content (AvgIpc) is 3.19. The number of aryl methyl sites for hydroxylation is 1. The van der Waals surface area contributed by atoms with Crippen molar-refractivity contribution in [1.29, 1.82) is 0 Å².